The number of hydrogen-bond acceptors (Lipinski definition) is 0. The molecule has 0 unspecified atom stereocenters. The molecule has 0 amide bonds. The van der Waals surface area contributed by atoms with Crippen molar-refractivity contribution in [3.8, 4) is 0 Å². The second kappa shape index (κ2) is 4.99. The van der Waals surface area contributed by atoms with E-state index >= 15 is 0 Å². The third-order valence-corrected chi connectivity index (χ3v) is 3.06. The molecular formula is C15H23F. The van der Waals surface area contributed by atoms with E-state index in [4.69, 9.17) is 0 Å². The van der Waals surface area contributed by atoms with Crippen molar-refractivity contribution in [2.75, 3.05) is 0 Å². The molecule has 0 aliphatic carbocycles. The molecule has 1 aromatic rings. The summed E-state index contributed by atoms with van der Waals surface area (Å²) in [6, 6.07) is 4.04. The lowest BCUT2D eigenvalue weighted by molar-refractivity contribution is 0.565. The number of halogens is 1. The summed E-state index contributed by atoms with van der Waals surface area (Å²) in [6.45, 7) is 12.4. The van der Waals surface area contributed by atoms with E-state index in [0.29, 0.717) is 5.92 Å². The molecule has 0 aromatic heterocycles. The van der Waals surface area contributed by atoms with E-state index < -0.39 is 0 Å². The SMILES string of the molecule is CC(C)c1ccc(C(C)C)c(C(C)C)c1F. The number of hydrogen-bond donors (Lipinski definition) is 0. The van der Waals surface area contributed by atoms with Crippen LogP contribution in [0.5, 0.6) is 0 Å². The summed E-state index contributed by atoms with van der Waals surface area (Å²) in [5, 5.41) is 0. The average Bonchev–Trinajstić information content (AvgIpc) is 2.15. The zero-order valence-corrected chi connectivity index (χ0v) is 11.3. The minimum absolute atomic E-state index is 0.0104. The molecule has 0 fully saturated rings. The van der Waals surface area contributed by atoms with E-state index in [-0.39, 0.29) is 17.7 Å². The van der Waals surface area contributed by atoms with Crippen molar-refractivity contribution < 1.29 is 4.39 Å². The van der Waals surface area contributed by atoms with Gasteiger partial charge in [-0.1, -0.05) is 53.7 Å². The Balaban J connectivity index is 3.42. The minimum Gasteiger partial charge on any atom is -0.206 e. The predicted octanol–water partition coefficient (Wildman–Crippen LogP) is 5.20. The summed E-state index contributed by atoms with van der Waals surface area (Å²) in [7, 11) is 0. The normalized spacial score (nSPS) is 11.9. The van der Waals surface area contributed by atoms with Gasteiger partial charge in [-0.3, -0.25) is 0 Å². The van der Waals surface area contributed by atoms with Crippen LogP contribution in [0.1, 0.15) is 76.0 Å². The highest BCUT2D eigenvalue weighted by Crippen LogP contribution is 2.32. The van der Waals surface area contributed by atoms with Crippen LogP contribution in [0, 0.1) is 5.82 Å². The average molecular weight is 222 g/mol. The van der Waals surface area contributed by atoms with Gasteiger partial charge in [0.1, 0.15) is 5.82 Å². The van der Waals surface area contributed by atoms with Gasteiger partial charge in [0.05, 0.1) is 0 Å². The molecule has 0 N–H and O–H groups in total. The van der Waals surface area contributed by atoms with Crippen LogP contribution in [-0.4, -0.2) is 0 Å². The summed E-state index contributed by atoms with van der Waals surface area (Å²) >= 11 is 0. The van der Waals surface area contributed by atoms with E-state index in [1.54, 1.807) is 0 Å². The second-order valence-corrected chi connectivity index (χ2v) is 5.44. The molecular weight excluding hydrogens is 199 g/mol. The molecule has 0 saturated carbocycles. The molecule has 90 valence electrons. The van der Waals surface area contributed by atoms with Crippen molar-refractivity contribution in [3.63, 3.8) is 0 Å². The fraction of sp³-hybridized carbons (Fsp3) is 0.600. The van der Waals surface area contributed by atoms with Gasteiger partial charge in [-0.05, 0) is 34.4 Å². The molecule has 1 aromatic carbocycles. The Morgan fingerprint density at radius 1 is 0.750 bits per heavy atom. The summed E-state index contributed by atoms with van der Waals surface area (Å²) < 4.78 is 14.4. The second-order valence-electron chi connectivity index (χ2n) is 5.44. The first-order chi connectivity index (χ1) is 7.36. The molecule has 0 aliphatic rings. The van der Waals surface area contributed by atoms with Crippen LogP contribution in [0.4, 0.5) is 4.39 Å². The van der Waals surface area contributed by atoms with Crippen molar-refractivity contribution in [2.45, 2.75) is 59.3 Å². The largest absolute Gasteiger partial charge is 0.206 e. The molecule has 0 radical (unpaired) electrons. The Bertz CT molecular complexity index is 362. The van der Waals surface area contributed by atoms with Gasteiger partial charge < -0.3 is 0 Å². The summed E-state index contributed by atoms with van der Waals surface area (Å²) in [6.07, 6.45) is 0. The summed E-state index contributed by atoms with van der Waals surface area (Å²) in [5.41, 5.74) is 2.89. The topological polar surface area (TPSA) is 0 Å². The van der Waals surface area contributed by atoms with Crippen LogP contribution < -0.4 is 0 Å². The van der Waals surface area contributed by atoms with E-state index in [9.17, 15) is 4.39 Å². The Labute approximate surface area is 98.9 Å². The molecule has 1 heteroatoms. The lowest BCUT2D eigenvalue weighted by Gasteiger charge is -2.20. The maximum absolute atomic E-state index is 14.4. The Hall–Kier alpha value is -0.850. The number of rotatable bonds is 3. The molecule has 1 rings (SSSR count). The van der Waals surface area contributed by atoms with Gasteiger partial charge in [0.25, 0.3) is 0 Å². The Morgan fingerprint density at radius 3 is 1.56 bits per heavy atom. The van der Waals surface area contributed by atoms with Crippen molar-refractivity contribution in [3.05, 3.63) is 34.6 Å². The van der Waals surface area contributed by atoms with Gasteiger partial charge in [0.15, 0.2) is 0 Å². The zero-order valence-electron chi connectivity index (χ0n) is 11.3. The molecule has 0 aliphatic heterocycles. The highest BCUT2D eigenvalue weighted by Gasteiger charge is 2.18. The van der Waals surface area contributed by atoms with Crippen LogP contribution in [0.3, 0.4) is 0 Å². The van der Waals surface area contributed by atoms with Crippen LogP contribution in [0.15, 0.2) is 12.1 Å². The molecule has 16 heavy (non-hydrogen) atoms. The molecule has 0 saturated heterocycles. The molecule has 0 heterocycles. The van der Waals surface area contributed by atoms with Gasteiger partial charge in [-0.25, -0.2) is 4.39 Å². The van der Waals surface area contributed by atoms with E-state index in [1.807, 2.05) is 19.9 Å². The highest BCUT2D eigenvalue weighted by atomic mass is 19.1. The van der Waals surface area contributed by atoms with Crippen LogP contribution >= 0.6 is 0 Å². The van der Waals surface area contributed by atoms with E-state index in [2.05, 4.69) is 33.8 Å². The van der Waals surface area contributed by atoms with Crippen LogP contribution in [-0.2, 0) is 0 Å². The standard InChI is InChI=1S/C15H23F/c1-9(2)12-7-8-13(10(3)4)15(16)14(12)11(5)6/h7-11H,1-6H3. The zero-order chi connectivity index (χ0) is 12.5. The quantitative estimate of drug-likeness (QED) is 0.659. The minimum atomic E-state index is 0.0104. The maximum Gasteiger partial charge on any atom is 0.130 e. The monoisotopic (exact) mass is 222 g/mol. The lowest BCUT2D eigenvalue weighted by atomic mass is 9.86. The summed E-state index contributed by atoms with van der Waals surface area (Å²) in [4.78, 5) is 0. The van der Waals surface area contributed by atoms with Crippen molar-refractivity contribution in [1.29, 1.82) is 0 Å². The lowest BCUT2D eigenvalue weighted by Crippen LogP contribution is -2.06. The van der Waals surface area contributed by atoms with E-state index in [0.717, 1.165) is 16.7 Å². The smallest absolute Gasteiger partial charge is 0.130 e. The van der Waals surface area contributed by atoms with Gasteiger partial charge >= 0.3 is 0 Å². The third-order valence-electron chi connectivity index (χ3n) is 3.06. The predicted molar refractivity (Wildman–Crippen MR) is 68.7 cm³/mol. The fourth-order valence-corrected chi connectivity index (χ4v) is 2.16. The van der Waals surface area contributed by atoms with Gasteiger partial charge in [0.2, 0.25) is 0 Å². The maximum atomic E-state index is 14.4. The Morgan fingerprint density at radius 2 is 1.19 bits per heavy atom. The van der Waals surface area contributed by atoms with Gasteiger partial charge in [0, 0.05) is 0 Å². The molecule has 0 nitrogen and oxygen atoms in total. The number of benzene rings is 1. The van der Waals surface area contributed by atoms with Gasteiger partial charge in [-0.15, -0.1) is 0 Å². The molecule has 0 atom stereocenters. The molecule has 0 bridgehead atoms. The van der Waals surface area contributed by atoms with Crippen molar-refractivity contribution in [1.82, 2.24) is 0 Å². The first-order valence-corrected chi connectivity index (χ1v) is 6.18. The van der Waals surface area contributed by atoms with Crippen LogP contribution in [0.25, 0.3) is 0 Å². The summed E-state index contributed by atoms with van der Waals surface area (Å²) in [5.74, 6) is 0.888. The first-order valence-electron chi connectivity index (χ1n) is 6.18. The Kier molecular flexibility index (Phi) is 4.12. The highest BCUT2D eigenvalue weighted by molar-refractivity contribution is 5.39. The van der Waals surface area contributed by atoms with E-state index in [1.165, 1.54) is 0 Å². The van der Waals surface area contributed by atoms with Crippen molar-refractivity contribution in [2.24, 2.45) is 0 Å². The van der Waals surface area contributed by atoms with Crippen LogP contribution in [0.2, 0.25) is 0 Å². The van der Waals surface area contributed by atoms with Crippen molar-refractivity contribution >= 4 is 0 Å². The molecule has 0 spiro atoms. The van der Waals surface area contributed by atoms with Gasteiger partial charge in [-0.2, -0.15) is 0 Å². The first kappa shape index (κ1) is 13.2. The fourth-order valence-electron chi connectivity index (χ4n) is 2.16. The third kappa shape index (κ3) is 2.45.